The molecule has 0 bridgehead atoms. The summed E-state index contributed by atoms with van der Waals surface area (Å²) in [4.78, 5) is 25.3. The number of amides is 2. The highest BCUT2D eigenvalue weighted by Gasteiger charge is 2.13. The van der Waals surface area contributed by atoms with Gasteiger partial charge in [0, 0.05) is 42.9 Å². The lowest BCUT2D eigenvalue weighted by Crippen LogP contribution is -2.30. The molecule has 0 fully saturated rings. The smallest absolute Gasteiger partial charge is 0.319 e. The van der Waals surface area contributed by atoms with Crippen molar-refractivity contribution in [1.29, 1.82) is 0 Å². The first-order valence-electron chi connectivity index (χ1n) is 9.33. The lowest BCUT2D eigenvalue weighted by molar-refractivity contribution is 0.252. The summed E-state index contributed by atoms with van der Waals surface area (Å²) in [5.41, 5.74) is 2.96. The molecule has 0 atom stereocenters. The van der Waals surface area contributed by atoms with Gasteiger partial charge < -0.3 is 15.2 Å². The number of pyridine rings is 2. The van der Waals surface area contributed by atoms with Crippen molar-refractivity contribution in [3.05, 3.63) is 71.9 Å². The zero-order chi connectivity index (χ0) is 20.9. The number of carbonyl (C=O) groups excluding carboxylic acids is 1. The van der Waals surface area contributed by atoms with Gasteiger partial charge in [0.25, 0.3) is 0 Å². The Bertz CT molecular complexity index is 1180. The number of benzene rings is 1. The summed E-state index contributed by atoms with van der Waals surface area (Å²) >= 11 is 5.73. The van der Waals surface area contributed by atoms with Gasteiger partial charge in [0.2, 0.25) is 0 Å². The number of aryl methyl sites for hydroxylation is 1. The number of fused-ring (bicyclic) bond motifs is 1. The first kappa shape index (κ1) is 19.8. The van der Waals surface area contributed by atoms with Gasteiger partial charge in [0.05, 0.1) is 5.02 Å². The Balaban J connectivity index is 1.40. The number of hydrogen-bond acceptors (Lipinski definition) is 4. The number of anilines is 1. The van der Waals surface area contributed by atoms with Crippen LogP contribution in [0.4, 0.5) is 14.9 Å². The molecule has 1 aromatic carbocycles. The maximum absolute atomic E-state index is 13.2. The van der Waals surface area contributed by atoms with E-state index in [-0.39, 0.29) is 11.1 Å². The van der Waals surface area contributed by atoms with Crippen molar-refractivity contribution in [2.75, 3.05) is 11.9 Å². The average Bonchev–Trinajstić information content (AvgIpc) is 3.13. The van der Waals surface area contributed by atoms with Crippen molar-refractivity contribution in [1.82, 2.24) is 24.8 Å². The van der Waals surface area contributed by atoms with Crippen LogP contribution < -0.4 is 10.6 Å². The molecule has 0 aliphatic heterocycles. The third kappa shape index (κ3) is 4.38. The van der Waals surface area contributed by atoms with Gasteiger partial charge in [-0.25, -0.2) is 19.2 Å². The number of imidazole rings is 1. The highest BCUT2D eigenvalue weighted by molar-refractivity contribution is 6.31. The fourth-order valence-electron chi connectivity index (χ4n) is 3.08. The van der Waals surface area contributed by atoms with Crippen molar-refractivity contribution in [3.63, 3.8) is 0 Å². The van der Waals surface area contributed by atoms with Crippen molar-refractivity contribution in [2.24, 2.45) is 0 Å². The summed E-state index contributed by atoms with van der Waals surface area (Å²) in [5, 5.41) is 5.37. The van der Waals surface area contributed by atoms with Crippen LogP contribution in [0.1, 0.15) is 6.42 Å². The predicted molar refractivity (Wildman–Crippen MR) is 114 cm³/mol. The average molecular weight is 425 g/mol. The van der Waals surface area contributed by atoms with Crippen LogP contribution in [0.15, 0.2) is 61.1 Å². The molecule has 0 spiro atoms. The SMILES string of the molecule is O=C(NCCCn1c(-c2ccncc2)nc2cccnc21)Nc1ccc(F)c(Cl)c1. The lowest BCUT2D eigenvalue weighted by Gasteiger charge is -2.10. The van der Waals surface area contributed by atoms with Gasteiger partial charge in [-0.3, -0.25) is 4.98 Å². The van der Waals surface area contributed by atoms with Gasteiger partial charge in [-0.15, -0.1) is 0 Å². The van der Waals surface area contributed by atoms with Crippen molar-refractivity contribution in [2.45, 2.75) is 13.0 Å². The molecule has 0 saturated heterocycles. The quantitative estimate of drug-likeness (QED) is 0.446. The van der Waals surface area contributed by atoms with Gasteiger partial charge in [0.1, 0.15) is 17.2 Å². The highest BCUT2D eigenvalue weighted by atomic mass is 35.5. The number of hydrogen-bond donors (Lipinski definition) is 2. The summed E-state index contributed by atoms with van der Waals surface area (Å²) in [5.74, 6) is 0.269. The maximum Gasteiger partial charge on any atom is 0.319 e. The van der Waals surface area contributed by atoms with Gasteiger partial charge >= 0.3 is 6.03 Å². The largest absolute Gasteiger partial charge is 0.338 e. The van der Waals surface area contributed by atoms with Gasteiger partial charge in [-0.1, -0.05) is 11.6 Å². The predicted octanol–water partition coefficient (Wildman–Crippen LogP) is 4.50. The van der Waals surface area contributed by atoms with Crippen molar-refractivity contribution < 1.29 is 9.18 Å². The third-order valence-electron chi connectivity index (χ3n) is 4.46. The van der Waals surface area contributed by atoms with Gasteiger partial charge in [-0.2, -0.15) is 0 Å². The Morgan fingerprint density at radius 2 is 1.97 bits per heavy atom. The second kappa shape index (κ2) is 8.87. The van der Waals surface area contributed by atoms with E-state index in [1.54, 1.807) is 18.6 Å². The third-order valence-corrected chi connectivity index (χ3v) is 4.75. The standard InChI is InChI=1S/C21H18ClFN6O/c22-16-13-15(4-5-17(16)23)27-21(30)26-9-2-12-29-19(14-6-10-24-11-7-14)28-18-3-1-8-25-20(18)29/h1,3-8,10-11,13H,2,9,12H2,(H2,26,27,30). The molecular formula is C21H18ClFN6O. The second-order valence-electron chi connectivity index (χ2n) is 6.53. The molecule has 0 aliphatic carbocycles. The van der Waals surface area contributed by atoms with Crippen LogP contribution in [0.3, 0.4) is 0 Å². The van der Waals surface area contributed by atoms with Crippen LogP contribution >= 0.6 is 11.6 Å². The van der Waals surface area contributed by atoms with Crippen LogP contribution in [0.5, 0.6) is 0 Å². The Hall–Kier alpha value is -3.52. The first-order chi connectivity index (χ1) is 14.6. The number of urea groups is 1. The maximum atomic E-state index is 13.2. The molecule has 152 valence electrons. The molecule has 7 nitrogen and oxygen atoms in total. The highest BCUT2D eigenvalue weighted by Crippen LogP contribution is 2.23. The monoisotopic (exact) mass is 424 g/mol. The van der Waals surface area contributed by atoms with Crippen molar-refractivity contribution in [3.8, 4) is 11.4 Å². The molecule has 9 heteroatoms. The molecule has 0 saturated carbocycles. The normalized spacial score (nSPS) is 10.9. The Kier molecular flexibility index (Phi) is 5.85. The lowest BCUT2D eigenvalue weighted by atomic mass is 10.2. The van der Waals surface area contributed by atoms with E-state index < -0.39 is 5.82 Å². The molecule has 3 heterocycles. The van der Waals surface area contributed by atoms with E-state index in [9.17, 15) is 9.18 Å². The zero-order valence-electron chi connectivity index (χ0n) is 15.8. The number of carbonyl (C=O) groups is 1. The molecule has 4 aromatic rings. The fraction of sp³-hybridized carbons (Fsp3) is 0.143. The van der Waals surface area contributed by atoms with Crippen LogP contribution in [-0.4, -0.2) is 32.1 Å². The van der Waals surface area contributed by atoms with E-state index in [4.69, 9.17) is 16.6 Å². The number of rotatable bonds is 6. The molecule has 0 aliphatic rings. The van der Waals surface area contributed by atoms with Crippen LogP contribution in [0.25, 0.3) is 22.6 Å². The number of nitrogens with one attached hydrogen (secondary N) is 2. The van der Waals surface area contributed by atoms with E-state index >= 15 is 0 Å². The van der Waals surface area contributed by atoms with Gasteiger partial charge in [-0.05, 0) is 48.9 Å². The molecule has 2 amide bonds. The summed E-state index contributed by atoms with van der Waals surface area (Å²) in [6.45, 7) is 1.05. The van der Waals surface area contributed by atoms with E-state index in [0.717, 1.165) is 22.6 Å². The van der Waals surface area contributed by atoms with E-state index in [1.807, 2.05) is 28.8 Å². The minimum absolute atomic E-state index is 0.0454. The van der Waals surface area contributed by atoms with Gasteiger partial charge in [0.15, 0.2) is 5.65 Å². The summed E-state index contributed by atoms with van der Waals surface area (Å²) in [7, 11) is 0. The second-order valence-corrected chi connectivity index (χ2v) is 6.94. The first-order valence-corrected chi connectivity index (χ1v) is 9.71. The minimum Gasteiger partial charge on any atom is -0.338 e. The molecule has 3 aromatic heterocycles. The molecule has 30 heavy (non-hydrogen) atoms. The summed E-state index contributed by atoms with van der Waals surface area (Å²) in [6, 6.07) is 11.2. The Labute approximate surface area is 176 Å². The number of aromatic nitrogens is 4. The van der Waals surface area contributed by atoms with Crippen LogP contribution in [-0.2, 0) is 6.54 Å². The molecule has 0 unspecified atom stereocenters. The van der Waals surface area contributed by atoms with Crippen LogP contribution in [0.2, 0.25) is 5.02 Å². The number of nitrogens with zero attached hydrogens (tertiary/aromatic N) is 4. The summed E-state index contributed by atoms with van der Waals surface area (Å²) < 4.78 is 15.2. The molecular weight excluding hydrogens is 407 g/mol. The zero-order valence-corrected chi connectivity index (χ0v) is 16.6. The van der Waals surface area contributed by atoms with Crippen molar-refractivity contribution >= 4 is 34.5 Å². The molecule has 4 rings (SSSR count). The van der Waals surface area contributed by atoms with E-state index in [2.05, 4.69) is 20.6 Å². The molecule has 0 radical (unpaired) electrons. The molecule has 2 N–H and O–H groups in total. The Morgan fingerprint density at radius 1 is 1.13 bits per heavy atom. The fourth-order valence-corrected chi connectivity index (χ4v) is 3.26. The topological polar surface area (TPSA) is 84.7 Å². The summed E-state index contributed by atoms with van der Waals surface area (Å²) in [6.07, 6.45) is 5.84. The van der Waals surface area contributed by atoms with E-state index in [0.29, 0.717) is 25.2 Å². The number of halogens is 2. The van der Waals surface area contributed by atoms with E-state index in [1.165, 1.54) is 18.2 Å². The Morgan fingerprint density at radius 3 is 2.77 bits per heavy atom. The minimum atomic E-state index is -0.534. The van der Waals surface area contributed by atoms with Crippen LogP contribution in [0, 0.1) is 5.82 Å².